The molecule has 3 rings (SSSR count). The second kappa shape index (κ2) is 7.70. The molecule has 4 heteroatoms. The van der Waals surface area contributed by atoms with Crippen molar-refractivity contribution >= 4 is 11.6 Å². The number of carbonyl (C=O) groups is 1. The van der Waals surface area contributed by atoms with E-state index in [1.807, 2.05) is 31.2 Å². The first kappa shape index (κ1) is 17.5. The minimum Gasteiger partial charge on any atom is -0.378 e. The number of hydrogen-bond acceptors (Lipinski definition) is 3. The van der Waals surface area contributed by atoms with Crippen LogP contribution in [0.1, 0.15) is 40.0 Å². The molecule has 1 unspecified atom stereocenters. The topological polar surface area (TPSA) is 41.6 Å². The quantitative estimate of drug-likeness (QED) is 0.925. The number of carbonyl (C=O) groups excluding carboxylic acids is 1. The lowest BCUT2D eigenvalue weighted by Crippen LogP contribution is -2.36. The Morgan fingerprint density at radius 1 is 1.04 bits per heavy atom. The monoisotopic (exact) mass is 338 g/mol. The Labute approximate surface area is 149 Å². The predicted octanol–water partition coefficient (Wildman–Crippen LogP) is 3.63. The molecule has 132 valence electrons. The minimum atomic E-state index is -0.0424. The van der Waals surface area contributed by atoms with Crippen LogP contribution in [0.3, 0.4) is 0 Å². The van der Waals surface area contributed by atoms with E-state index in [0.29, 0.717) is 5.56 Å². The van der Waals surface area contributed by atoms with E-state index in [4.69, 9.17) is 4.74 Å². The van der Waals surface area contributed by atoms with Gasteiger partial charge in [-0.1, -0.05) is 18.2 Å². The lowest BCUT2D eigenvalue weighted by Gasteiger charge is -2.28. The second-order valence-electron chi connectivity index (χ2n) is 6.69. The van der Waals surface area contributed by atoms with Gasteiger partial charge in [0.05, 0.1) is 19.3 Å². The van der Waals surface area contributed by atoms with Crippen LogP contribution in [-0.2, 0) is 4.74 Å². The fourth-order valence-corrected chi connectivity index (χ4v) is 3.04. The summed E-state index contributed by atoms with van der Waals surface area (Å²) in [5, 5.41) is 3.09. The van der Waals surface area contributed by atoms with Crippen molar-refractivity contribution in [2.75, 3.05) is 31.2 Å². The van der Waals surface area contributed by atoms with Crippen LogP contribution >= 0.6 is 0 Å². The number of amides is 1. The number of aryl methyl sites for hydroxylation is 2. The highest BCUT2D eigenvalue weighted by molar-refractivity contribution is 5.94. The summed E-state index contributed by atoms with van der Waals surface area (Å²) in [6.07, 6.45) is 0. The van der Waals surface area contributed by atoms with Gasteiger partial charge in [-0.3, -0.25) is 4.79 Å². The van der Waals surface area contributed by atoms with Gasteiger partial charge in [-0.25, -0.2) is 0 Å². The number of nitrogens with one attached hydrogen (secondary N) is 1. The molecule has 0 spiro atoms. The Hall–Kier alpha value is -2.33. The van der Waals surface area contributed by atoms with E-state index in [-0.39, 0.29) is 11.9 Å². The molecule has 0 radical (unpaired) electrons. The fourth-order valence-electron chi connectivity index (χ4n) is 3.04. The smallest absolute Gasteiger partial charge is 0.251 e. The first-order chi connectivity index (χ1) is 12.0. The Morgan fingerprint density at radius 2 is 1.72 bits per heavy atom. The van der Waals surface area contributed by atoms with Crippen molar-refractivity contribution in [1.29, 1.82) is 0 Å². The van der Waals surface area contributed by atoms with Gasteiger partial charge in [-0.05, 0) is 61.7 Å². The third-order valence-electron chi connectivity index (χ3n) is 4.88. The van der Waals surface area contributed by atoms with Gasteiger partial charge < -0.3 is 15.0 Å². The van der Waals surface area contributed by atoms with Gasteiger partial charge in [0.2, 0.25) is 0 Å². The Kier molecular flexibility index (Phi) is 5.39. The van der Waals surface area contributed by atoms with E-state index in [9.17, 15) is 4.79 Å². The molecular formula is C21H26N2O2. The molecule has 1 aliphatic rings. The Bertz CT molecular complexity index is 734. The Balaban J connectivity index is 1.65. The molecule has 1 amide bonds. The normalized spacial score (nSPS) is 15.7. The largest absolute Gasteiger partial charge is 0.378 e. The van der Waals surface area contributed by atoms with E-state index in [0.717, 1.165) is 37.6 Å². The fraction of sp³-hybridized carbons (Fsp3) is 0.381. The summed E-state index contributed by atoms with van der Waals surface area (Å²) in [6, 6.07) is 14.1. The van der Waals surface area contributed by atoms with E-state index in [2.05, 4.69) is 42.3 Å². The molecule has 1 saturated heterocycles. The molecule has 1 N–H and O–H groups in total. The van der Waals surface area contributed by atoms with Gasteiger partial charge in [0.1, 0.15) is 0 Å². The van der Waals surface area contributed by atoms with Crippen LogP contribution in [0, 0.1) is 13.8 Å². The van der Waals surface area contributed by atoms with Crippen LogP contribution in [0.2, 0.25) is 0 Å². The summed E-state index contributed by atoms with van der Waals surface area (Å²) in [5.74, 6) is -0.0424. The van der Waals surface area contributed by atoms with Crippen LogP contribution in [0.15, 0.2) is 42.5 Å². The van der Waals surface area contributed by atoms with Crippen molar-refractivity contribution in [3.05, 3.63) is 64.7 Å². The molecule has 2 aromatic carbocycles. The molecule has 0 aromatic heterocycles. The predicted molar refractivity (Wildman–Crippen MR) is 101 cm³/mol. The zero-order valence-corrected chi connectivity index (χ0v) is 15.2. The highest BCUT2D eigenvalue weighted by atomic mass is 16.5. The average molecular weight is 338 g/mol. The van der Waals surface area contributed by atoms with Crippen LogP contribution in [0.25, 0.3) is 0 Å². The highest BCUT2D eigenvalue weighted by Gasteiger charge is 2.14. The summed E-state index contributed by atoms with van der Waals surface area (Å²) in [5.41, 5.74) is 5.46. The van der Waals surface area contributed by atoms with Crippen molar-refractivity contribution in [3.8, 4) is 0 Å². The van der Waals surface area contributed by atoms with Crippen LogP contribution < -0.4 is 10.2 Å². The van der Waals surface area contributed by atoms with Gasteiger partial charge >= 0.3 is 0 Å². The third kappa shape index (κ3) is 4.20. The number of rotatable bonds is 4. The van der Waals surface area contributed by atoms with Gasteiger partial charge in [-0.2, -0.15) is 0 Å². The van der Waals surface area contributed by atoms with Gasteiger partial charge in [0.25, 0.3) is 5.91 Å². The molecule has 25 heavy (non-hydrogen) atoms. The molecule has 0 aliphatic carbocycles. The number of benzene rings is 2. The molecule has 4 nitrogen and oxygen atoms in total. The van der Waals surface area contributed by atoms with E-state index < -0.39 is 0 Å². The maximum Gasteiger partial charge on any atom is 0.251 e. The lowest BCUT2D eigenvalue weighted by atomic mass is 10.0. The standard InChI is InChI=1S/C21H26N2O2/c1-15-4-5-19(14-16(15)2)17(3)22-21(24)18-6-8-20(9-7-18)23-10-12-25-13-11-23/h4-9,14,17H,10-13H2,1-3H3,(H,22,24). The Morgan fingerprint density at radius 3 is 2.36 bits per heavy atom. The van der Waals surface area contributed by atoms with Crippen molar-refractivity contribution < 1.29 is 9.53 Å². The lowest BCUT2D eigenvalue weighted by molar-refractivity contribution is 0.0940. The van der Waals surface area contributed by atoms with E-state index >= 15 is 0 Å². The number of nitrogens with zero attached hydrogens (tertiary/aromatic N) is 1. The number of morpholine rings is 1. The minimum absolute atomic E-state index is 0.0225. The maximum atomic E-state index is 12.5. The zero-order chi connectivity index (χ0) is 17.8. The maximum absolute atomic E-state index is 12.5. The number of hydrogen-bond donors (Lipinski definition) is 1. The SMILES string of the molecule is Cc1ccc(C(C)NC(=O)c2ccc(N3CCOCC3)cc2)cc1C. The molecule has 0 bridgehead atoms. The molecule has 1 fully saturated rings. The van der Waals surface area contributed by atoms with Gasteiger partial charge in [0, 0.05) is 24.3 Å². The van der Waals surface area contributed by atoms with E-state index in [1.165, 1.54) is 11.1 Å². The van der Waals surface area contributed by atoms with Crippen molar-refractivity contribution in [1.82, 2.24) is 5.32 Å². The van der Waals surface area contributed by atoms with Crippen molar-refractivity contribution in [2.45, 2.75) is 26.8 Å². The number of anilines is 1. The highest BCUT2D eigenvalue weighted by Crippen LogP contribution is 2.19. The summed E-state index contributed by atoms with van der Waals surface area (Å²) in [6.45, 7) is 9.52. The van der Waals surface area contributed by atoms with Crippen LogP contribution in [-0.4, -0.2) is 32.2 Å². The molecule has 0 saturated carbocycles. The number of ether oxygens (including phenoxy) is 1. The first-order valence-electron chi connectivity index (χ1n) is 8.85. The second-order valence-corrected chi connectivity index (χ2v) is 6.69. The van der Waals surface area contributed by atoms with Crippen LogP contribution in [0.5, 0.6) is 0 Å². The molecular weight excluding hydrogens is 312 g/mol. The molecule has 2 aromatic rings. The summed E-state index contributed by atoms with van der Waals surface area (Å²) in [7, 11) is 0. The van der Waals surface area contributed by atoms with Gasteiger partial charge in [-0.15, -0.1) is 0 Å². The molecule has 1 atom stereocenters. The molecule has 1 aliphatic heterocycles. The summed E-state index contributed by atoms with van der Waals surface area (Å²) < 4.78 is 5.38. The van der Waals surface area contributed by atoms with Crippen molar-refractivity contribution in [2.24, 2.45) is 0 Å². The first-order valence-corrected chi connectivity index (χ1v) is 8.85. The van der Waals surface area contributed by atoms with Gasteiger partial charge in [0.15, 0.2) is 0 Å². The summed E-state index contributed by atoms with van der Waals surface area (Å²) >= 11 is 0. The summed E-state index contributed by atoms with van der Waals surface area (Å²) in [4.78, 5) is 14.8. The zero-order valence-electron chi connectivity index (χ0n) is 15.2. The van der Waals surface area contributed by atoms with Crippen molar-refractivity contribution in [3.63, 3.8) is 0 Å². The average Bonchev–Trinajstić information content (AvgIpc) is 2.64. The van der Waals surface area contributed by atoms with Crippen LogP contribution in [0.4, 0.5) is 5.69 Å². The van der Waals surface area contributed by atoms with E-state index in [1.54, 1.807) is 0 Å². The molecule has 1 heterocycles. The third-order valence-corrected chi connectivity index (χ3v) is 4.88.